The van der Waals surface area contributed by atoms with Gasteiger partial charge in [0.1, 0.15) is 5.75 Å². The smallest absolute Gasteiger partial charge is 0.312 e. The summed E-state index contributed by atoms with van der Waals surface area (Å²) in [6, 6.07) is 15.3. The first kappa shape index (κ1) is 14.8. The van der Waals surface area contributed by atoms with Crippen LogP contribution in [-0.2, 0) is 5.41 Å². The van der Waals surface area contributed by atoms with Gasteiger partial charge in [-0.2, -0.15) is 0 Å². The van der Waals surface area contributed by atoms with E-state index in [2.05, 4.69) is 0 Å². The number of para-hydroxylation sites is 2. The Labute approximate surface area is 140 Å². The second-order valence-corrected chi connectivity index (χ2v) is 6.77. The molecule has 1 spiro atoms. The fourth-order valence-electron chi connectivity index (χ4n) is 4.08. The Morgan fingerprint density at radius 3 is 2.46 bits per heavy atom. The van der Waals surface area contributed by atoms with E-state index in [9.17, 15) is 10.1 Å². The maximum Gasteiger partial charge on any atom is 0.312 e. The maximum atomic E-state index is 11.9. The lowest BCUT2D eigenvalue weighted by molar-refractivity contribution is -0.444. The summed E-state index contributed by atoms with van der Waals surface area (Å²) < 4.78 is 6.38. The normalized spacial score (nSPS) is 23.3. The second kappa shape index (κ2) is 4.60. The fraction of sp³-hybridized carbons (Fsp3) is 0.263. The summed E-state index contributed by atoms with van der Waals surface area (Å²) >= 11 is 0. The third-order valence-electron chi connectivity index (χ3n) is 5.27. The molecule has 24 heavy (non-hydrogen) atoms. The summed E-state index contributed by atoms with van der Waals surface area (Å²) in [4.78, 5) is 13.5. The van der Waals surface area contributed by atoms with Crippen LogP contribution in [0.4, 0.5) is 5.69 Å². The number of likely N-dealkylation sites (N-methyl/N-ethyl adjacent to an activating group) is 1. The van der Waals surface area contributed by atoms with E-state index in [0.717, 1.165) is 16.8 Å². The molecule has 0 saturated heterocycles. The highest BCUT2D eigenvalue weighted by Gasteiger charge is 2.66. The number of hydrogen-bond acceptors (Lipinski definition) is 4. The van der Waals surface area contributed by atoms with Gasteiger partial charge in [0.05, 0.1) is 10.3 Å². The lowest BCUT2D eigenvalue weighted by Crippen LogP contribution is -2.62. The van der Waals surface area contributed by atoms with E-state index in [-0.39, 0.29) is 10.6 Å². The molecule has 0 fully saturated rings. The van der Waals surface area contributed by atoms with Gasteiger partial charge in [-0.1, -0.05) is 36.4 Å². The Balaban J connectivity index is 2.03. The molecule has 1 unspecified atom stereocenters. The Bertz CT molecular complexity index is 888. The van der Waals surface area contributed by atoms with Gasteiger partial charge in [0, 0.05) is 24.4 Å². The van der Waals surface area contributed by atoms with E-state index >= 15 is 0 Å². The lowest BCUT2D eigenvalue weighted by Gasteiger charge is -2.44. The van der Waals surface area contributed by atoms with Gasteiger partial charge in [-0.25, -0.2) is 0 Å². The zero-order valence-electron chi connectivity index (χ0n) is 13.8. The number of benzene rings is 2. The molecular formula is C19H18N2O3. The molecule has 2 aliphatic heterocycles. The van der Waals surface area contributed by atoms with Crippen molar-refractivity contribution < 1.29 is 9.66 Å². The van der Waals surface area contributed by atoms with E-state index in [4.69, 9.17) is 4.74 Å². The van der Waals surface area contributed by atoms with Gasteiger partial charge in [0.15, 0.2) is 0 Å². The topological polar surface area (TPSA) is 55.6 Å². The Morgan fingerprint density at radius 2 is 1.75 bits per heavy atom. The summed E-state index contributed by atoms with van der Waals surface area (Å²) in [7, 11) is 1.86. The average molecular weight is 322 g/mol. The minimum Gasteiger partial charge on any atom is -0.455 e. The van der Waals surface area contributed by atoms with Crippen LogP contribution in [0.2, 0.25) is 0 Å². The standard InChI is InChI=1S/C19H18N2O3/c1-18(2)14-9-5-6-10-15(14)20(3)19(18)17(21(22)23)12-13-8-4-7-11-16(13)24-19/h4-12H,1-3H3. The van der Waals surface area contributed by atoms with E-state index in [1.165, 1.54) is 0 Å². The van der Waals surface area contributed by atoms with Gasteiger partial charge >= 0.3 is 5.70 Å². The largest absolute Gasteiger partial charge is 0.455 e. The maximum absolute atomic E-state index is 11.9. The van der Waals surface area contributed by atoms with Crippen LogP contribution in [0.1, 0.15) is 25.0 Å². The van der Waals surface area contributed by atoms with Gasteiger partial charge in [-0.3, -0.25) is 10.1 Å². The van der Waals surface area contributed by atoms with Crippen molar-refractivity contribution in [1.82, 2.24) is 0 Å². The molecule has 0 saturated carbocycles. The quantitative estimate of drug-likeness (QED) is 0.591. The fourth-order valence-corrected chi connectivity index (χ4v) is 4.08. The minimum atomic E-state index is -1.19. The molecule has 2 heterocycles. The van der Waals surface area contributed by atoms with Crippen molar-refractivity contribution in [3.8, 4) is 5.75 Å². The van der Waals surface area contributed by atoms with Crippen molar-refractivity contribution in [2.24, 2.45) is 0 Å². The minimum absolute atomic E-state index is 0.0601. The van der Waals surface area contributed by atoms with Crippen LogP contribution < -0.4 is 9.64 Å². The summed E-state index contributed by atoms with van der Waals surface area (Å²) in [5.41, 5.74) is 1.01. The summed E-state index contributed by atoms with van der Waals surface area (Å²) in [6.07, 6.45) is 1.64. The first-order valence-corrected chi connectivity index (χ1v) is 7.87. The van der Waals surface area contributed by atoms with Gasteiger partial charge in [-0.15, -0.1) is 0 Å². The van der Waals surface area contributed by atoms with Crippen LogP contribution in [0.15, 0.2) is 54.2 Å². The molecule has 5 nitrogen and oxygen atoms in total. The highest BCUT2D eigenvalue weighted by molar-refractivity contribution is 5.73. The van der Waals surface area contributed by atoms with Crippen molar-refractivity contribution in [1.29, 1.82) is 0 Å². The van der Waals surface area contributed by atoms with Crippen LogP contribution in [0.3, 0.4) is 0 Å². The molecule has 2 aromatic rings. The monoisotopic (exact) mass is 322 g/mol. The number of rotatable bonds is 1. The molecule has 4 rings (SSSR count). The van der Waals surface area contributed by atoms with E-state index < -0.39 is 11.1 Å². The molecule has 2 aliphatic rings. The van der Waals surface area contributed by atoms with Crippen molar-refractivity contribution in [2.45, 2.75) is 25.0 Å². The predicted octanol–water partition coefficient (Wildman–Crippen LogP) is 3.82. The molecule has 0 aliphatic carbocycles. The average Bonchev–Trinajstić information content (AvgIpc) is 2.74. The van der Waals surface area contributed by atoms with Crippen LogP contribution in [0.25, 0.3) is 6.08 Å². The number of anilines is 1. The van der Waals surface area contributed by atoms with Crippen molar-refractivity contribution >= 4 is 11.8 Å². The lowest BCUT2D eigenvalue weighted by atomic mass is 9.75. The van der Waals surface area contributed by atoms with Gasteiger partial charge in [0.25, 0.3) is 5.72 Å². The van der Waals surface area contributed by atoms with E-state index in [0.29, 0.717) is 5.75 Å². The number of hydrogen-bond donors (Lipinski definition) is 0. The molecule has 0 bridgehead atoms. The number of nitrogens with zero attached hydrogens (tertiary/aromatic N) is 2. The van der Waals surface area contributed by atoms with Crippen LogP contribution in [-0.4, -0.2) is 17.7 Å². The van der Waals surface area contributed by atoms with Crippen LogP contribution in [0, 0.1) is 10.1 Å². The first-order valence-electron chi connectivity index (χ1n) is 7.87. The third-order valence-corrected chi connectivity index (χ3v) is 5.27. The van der Waals surface area contributed by atoms with Crippen molar-refractivity contribution in [2.75, 3.05) is 11.9 Å². The highest BCUT2D eigenvalue weighted by atomic mass is 16.6. The second-order valence-electron chi connectivity index (χ2n) is 6.77. The molecule has 0 radical (unpaired) electrons. The predicted molar refractivity (Wildman–Crippen MR) is 92.6 cm³/mol. The molecule has 0 N–H and O–H groups in total. The Morgan fingerprint density at radius 1 is 1.08 bits per heavy atom. The molecule has 0 aromatic heterocycles. The first-order chi connectivity index (χ1) is 11.4. The highest BCUT2D eigenvalue weighted by Crippen LogP contribution is 2.56. The number of nitro groups is 1. The molecule has 1 atom stereocenters. The van der Waals surface area contributed by atoms with Crippen molar-refractivity contribution in [3.05, 3.63) is 75.5 Å². The summed E-state index contributed by atoms with van der Waals surface area (Å²) in [5.74, 6) is 0.663. The van der Waals surface area contributed by atoms with Gasteiger partial charge < -0.3 is 9.64 Å². The van der Waals surface area contributed by atoms with E-state index in [1.807, 2.05) is 74.3 Å². The Hall–Kier alpha value is -2.82. The molecule has 0 amide bonds. The molecule has 2 aromatic carbocycles. The zero-order valence-corrected chi connectivity index (χ0v) is 13.8. The van der Waals surface area contributed by atoms with Crippen molar-refractivity contribution in [3.63, 3.8) is 0 Å². The molecular weight excluding hydrogens is 304 g/mol. The number of ether oxygens (including phenoxy) is 1. The third kappa shape index (κ3) is 1.59. The SMILES string of the molecule is CN1c2ccccc2C(C)(C)C12Oc1ccccc1C=C2[N+](=O)[O-]. The van der Waals surface area contributed by atoms with Gasteiger partial charge in [0.2, 0.25) is 0 Å². The van der Waals surface area contributed by atoms with Crippen LogP contribution in [0.5, 0.6) is 5.75 Å². The van der Waals surface area contributed by atoms with Crippen LogP contribution >= 0.6 is 0 Å². The Kier molecular flexibility index (Phi) is 2.83. The number of fused-ring (bicyclic) bond motifs is 2. The molecule has 122 valence electrons. The summed E-state index contributed by atoms with van der Waals surface area (Å²) in [5, 5.41) is 11.9. The van der Waals surface area contributed by atoms with E-state index in [1.54, 1.807) is 6.08 Å². The summed E-state index contributed by atoms with van der Waals surface area (Å²) in [6.45, 7) is 4.00. The zero-order chi connectivity index (χ0) is 17.1. The molecule has 5 heteroatoms. The van der Waals surface area contributed by atoms with Gasteiger partial charge in [-0.05, 0) is 31.5 Å².